The van der Waals surface area contributed by atoms with Gasteiger partial charge >= 0.3 is 0 Å². The molecule has 0 aliphatic carbocycles. The Bertz CT molecular complexity index is 363. The van der Waals surface area contributed by atoms with Gasteiger partial charge in [0.05, 0.1) is 6.61 Å². The van der Waals surface area contributed by atoms with Crippen molar-refractivity contribution < 1.29 is 9.09 Å². The first kappa shape index (κ1) is 13.2. The summed E-state index contributed by atoms with van der Waals surface area (Å²) in [5.41, 5.74) is 1.13. The van der Waals surface area contributed by atoms with Crippen LogP contribution in [0.25, 0.3) is 6.08 Å². The van der Waals surface area contributed by atoms with Gasteiger partial charge in [0.2, 0.25) is 7.37 Å². The van der Waals surface area contributed by atoms with Crippen molar-refractivity contribution in [1.82, 2.24) is 0 Å². The molecule has 16 heavy (non-hydrogen) atoms. The Hall–Kier alpha value is -0.850. The van der Waals surface area contributed by atoms with Gasteiger partial charge in [0.15, 0.2) is 0 Å². The Balaban J connectivity index is 2.41. The third-order valence-electron chi connectivity index (χ3n) is 2.48. The number of benzene rings is 1. The molecule has 2 nitrogen and oxygen atoms in total. The van der Waals surface area contributed by atoms with Gasteiger partial charge in [-0.25, -0.2) is 0 Å². The zero-order valence-corrected chi connectivity index (χ0v) is 10.8. The van der Waals surface area contributed by atoms with Crippen molar-refractivity contribution in [3.63, 3.8) is 0 Å². The van der Waals surface area contributed by atoms with Crippen molar-refractivity contribution in [2.75, 3.05) is 18.9 Å². The highest BCUT2D eigenvalue weighted by atomic mass is 31.2. The lowest BCUT2D eigenvalue weighted by Crippen LogP contribution is -1.95. The molecule has 3 heteroatoms. The van der Waals surface area contributed by atoms with E-state index in [2.05, 4.69) is 0 Å². The second-order valence-corrected chi connectivity index (χ2v) is 6.71. The van der Waals surface area contributed by atoms with Crippen LogP contribution in [0, 0.1) is 0 Å². The third kappa shape index (κ3) is 4.34. The molecule has 0 aromatic heterocycles. The molecule has 0 radical (unpaired) electrons. The number of hydrogen-bond acceptors (Lipinski definition) is 2. The maximum atomic E-state index is 11.9. The minimum atomic E-state index is -2.35. The van der Waals surface area contributed by atoms with Crippen LogP contribution >= 0.6 is 7.37 Å². The zero-order chi connectivity index (χ0) is 11.9. The van der Waals surface area contributed by atoms with Crippen LogP contribution in [0.3, 0.4) is 0 Å². The highest BCUT2D eigenvalue weighted by Gasteiger charge is 2.15. The molecule has 0 unspecified atom stereocenters. The van der Waals surface area contributed by atoms with E-state index in [1.807, 2.05) is 56.3 Å². The van der Waals surface area contributed by atoms with E-state index >= 15 is 0 Å². The van der Waals surface area contributed by atoms with E-state index in [4.69, 9.17) is 4.52 Å². The molecule has 0 spiro atoms. The summed E-state index contributed by atoms with van der Waals surface area (Å²) in [4.78, 5) is 0. The molecule has 0 saturated carbocycles. The highest BCUT2D eigenvalue weighted by molar-refractivity contribution is 7.58. The van der Waals surface area contributed by atoms with E-state index in [0.717, 1.165) is 5.56 Å². The fraction of sp³-hybridized carbons (Fsp3) is 0.385. The summed E-state index contributed by atoms with van der Waals surface area (Å²) in [6, 6.07) is 10.0. The van der Waals surface area contributed by atoms with Crippen LogP contribution in [0.4, 0.5) is 0 Å². The minimum absolute atomic E-state index is 0.424. The van der Waals surface area contributed by atoms with Gasteiger partial charge in [-0.15, -0.1) is 0 Å². The van der Waals surface area contributed by atoms with Gasteiger partial charge in [-0.05, 0) is 5.56 Å². The molecule has 0 heterocycles. The van der Waals surface area contributed by atoms with Gasteiger partial charge in [0, 0.05) is 12.3 Å². The van der Waals surface area contributed by atoms with Crippen LogP contribution in [0.1, 0.15) is 19.4 Å². The van der Waals surface area contributed by atoms with Crippen LogP contribution < -0.4 is 0 Å². The molecule has 1 aromatic rings. The average molecular weight is 238 g/mol. The molecule has 0 aliphatic rings. The lowest BCUT2D eigenvalue weighted by atomic mass is 10.2. The van der Waals surface area contributed by atoms with Crippen LogP contribution in [0.15, 0.2) is 36.4 Å². The molecule has 0 saturated heterocycles. The SMILES string of the molecule is CCP(=O)(CC)OCC=Cc1ccccc1. The Morgan fingerprint density at radius 3 is 2.38 bits per heavy atom. The predicted octanol–water partition coefficient (Wildman–Crippen LogP) is 4.03. The fourth-order valence-electron chi connectivity index (χ4n) is 1.33. The molecule has 0 bridgehead atoms. The highest BCUT2D eigenvalue weighted by Crippen LogP contribution is 2.45. The fourth-order valence-corrected chi connectivity index (χ4v) is 2.50. The van der Waals surface area contributed by atoms with E-state index in [9.17, 15) is 4.57 Å². The first-order valence-electron chi connectivity index (χ1n) is 5.64. The molecule has 1 aromatic carbocycles. The van der Waals surface area contributed by atoms with Crippen molar-refractivity contribution in [2.45, 2.75) is 13.8 Å². The van der Waals surface area contributed by atoms with Crippen molar-refractivity contribution in [3.05, 3.63) is 42.0 Å². The van der Waals surface area contributed by atoms with Crippen LogP contribution in [0.5, 0.6) is 0 Å². The Kier molecular flexibility index (Phi) is 5.51. The van der Waals surface area contributed by atoms with E-state index in [0.29, 0.717) is 18.9 Å². The lowest BCUT2D eigenvalue weighted by Gasteiger charge is -2.12. The van der Waals surface area contributed by atoms with Gasteiger partial charge in [-0.2, -0.15) is 0 Å². The van der Waals surface area contributed by atoms with Crippen molar-refractivity contribution in [2.24, 2.45) is 0 Å². The second kappa shape index (κ2) is 6.67. The van der Waals surface area contributed by atoms with Gasteiger partial charge in [0.1, 0.15) is 0 Å². The quantitative estimate of drug-likeness (QED) is 0.699. The number of hydrogen-bond donors (Lipinski definition) is 0. The van der Waals surface area contributed by atoms with E-state index < -0.39 is 7.37 Å². The van der Waals surface area contributed by atoms with Gasteiger partial charge in [-0.3, -0.25) is 4.57 Å². The number of rotatable bonds is 6. The Labute approximate surface area is 97.8 Å². The van der Waals surface area contributed by atoms with Gasteiger partial charge < -0.3 is 4.52 Å². The Morgan fingerprint density at radius 1 is 1.19 bits per heavy atom. The van der Waals surface area contributed by atoms with Crippen molar-refractivity contribution >= 4 is 13.4 Å². The minimum Gasteiger partial charge on any atom is -0.324 e. The molecule has 88 valence electrons. The van der Waals surface area contributed by atoms with E-state index in [-0.39, 0.29) is 0 Å². The van der Waals surface area contributed by atoms with Crippen molar-refractivity contribution in [3.8, 4) is 0 Å². The summed E-state index contributed by atoms with van der Waals surface area (Å²) >= 11 is 0. The maximum Gasteiger partial charge on any atom is 0.202 e. The summed E-state index contributed by atoms with van der Waals surface area (Å²) in [6.45, 7) is 4.24. The summed E-state index contributed by atoms with van der Waals surface area (Å²) in [6.07, 6.45) is 5.12. The first-order valence-corrected chi connectivity index (χ1v) is 7.64. The monoisotopic (exact) mass is 238 g/mol. The van der Waals surface area contributed by atoms with Crippen LogP contribution in [0.2, 0.25) is 0 Å². The van der Waals surface area contributed by atoms with Crippen LogP contribution in [-0.4, -0.2) is 18.9 Å². The summed E-state index contributed by atoms with van der Waals surface area (Å²) in [5.74, 6) is 0. The third-order valence-corrected chi connectivity index (χ3v) is 5.03. The van der Waals surface area contributed by atoms with E-state index in [1.165, 1.54) is 0 Å². The predicted molar refractivity (Wildman–Crippen MR) is 70.1 cm³/mol. The molecular weight excluding hydrogens is 219 g/mol. The zero-order valence-electron chi connectivity index (χ0n) is 9.93. The standard InChI is InChI=1S/C13H19O2P/c1-3-16(14,4-2)15-12-8-11-13-9-6-5-7-10-13/h5-11H,3-4,12H2,1-2H3. The first-order chi connectivity index (χ1) is 7.70. The average Bonchev–Trinajstić information content (AvgIpc) is 2.36. The largest absolute Gasteiger partial charge is 0.324 e. The molecule has 0 aliphatic heterocycles. The normalized spacial score (nSPS) is 12.1. The summed E-state index contributed by atoms with van der Waals surface area (Å²) in [7, 11) is -2.35. The molecule has 0 atom stereocenters. The maximum absolute atomic E-state index is 11.9. The van der Waals surface area contributed by atoms with Gasteiger partial charge in [0.25, 0.3) is 0 Å². The molecule has 1 rings (SSSR count). The summed E-state index contributed by atoms with van der Waals surface area (Å²) < 4.78 is 17.3. The molecule has 0 N–H and O–H groups in total. The molecular formula is C13H19O2P. The van der Waals surface area contributed by atoms with Crippen LogP contribution in [-0.2, 0) is 9.09 Å². The molecule has 0 fully saturated rings. The second-order valence-electron chi connectivity index (χ2n) is 3.56. The topological polar surface area (TPSA) is 26.3 Å². The van der Waals surface area contributed by atoms with Crippen molar-refractivity contribution in [1.29, 1.82) is 0 Å². The van der Waals surface area contributed by atoms with Gasteiger partial charge in [-0.1, -0.05) is 56.3 Å². The smallest absolute Gasteiger partial charge is 0.202 e. The lowest BCUT2D eigenvalue weighted by molar-refractivity contribution is 0.354. The Morgan fingerprint density at radius 2 is 1.81 bits per heavy atom. The summed E-state index contributed by atoms with van der Waals surface area (Å²) in [5, 5.41) is 0. The molecule has 0 amide bonds. The van der Waals surface area contributed by atoms with E-state index in [1.54, 1.807) is 0 Å².